The number of ether oxygens (including phenoxy) is 4. The standard InChI is InChI=1S/C15H22N2O5.ClH/c1-19-12-5-4-11(13(20-2)14(12)21-3)15(18)17-6-7-22-10(8-16)9-17;/h4-5,10H,6-9,16H2,1-3H3;1H. The molecule has 1 saturated heterocycles. The first kappa shape index (κ1) is 19.3. The molecule has 1 aliphatic rings. The maximum Gasteiger partial charge on any atom is 0.257 e. The van der Waals surface area contributed by atoms with Crippen LogP contribution in [0.5, 0.6) is 17.2 Å². The first-order valence-electron chi connectivity index (χ1n) is 7.06. The zero-order chi connectivity index (χ0) is 16.1. The zero-order valence-corrected chi connectivity index (χ0v) is 14.4. The van der Waals surface area contributed by atoms with Gasteiger partial charge in [0.25, 0.3) is 5.91 Å². The van der Waals surface area contributed by atoms with E-state index in [2.05, 4.69) is 0 Å². The van der Waals surface area contributed by atoms with Crippen molar-refractivity contribution in [2.24, 2.45) is 5.73 Å². The second-order valence-electron chi connectivity index (χ2n) is 4.86. The molecule has 2 rings (SSSR count). The largest absolute Gasteiger partial charge is 0.493 e. The van der Waals surface area contributed by atoms with E-state index in [1.165, 1.54) is 21.3 Å². The van der Waals surface area contributed by atoms with Crippen LogP contribution in [0.2, 0.25) is 0 Å². The minimum absolute atomic E-state index is 0. The molecule has 0 aromatic heterocycles. The van der Waals surface area contributed by atoms with E-state index in [1.54, 1.807) is 17.0 Å². The van der Waals surface area contributed by atoms with Crippen molar-refractivity contribution in [3.05, 3.63) is 17.7 Å². The first-order chi connectivity index (χ1) is 10.7. The monoisotopic (exact) mass is 346 g/mol. The number of halogens is 1. The quantitative estimate of drug-likeness (QED) is 0.854. The predicted octanol–water partition coefficient (Wildman–Crippen LogP) is 0.934. The molecular formula is C15H23ClN2O5. The topological polar surface area (TPSA) is 83.2 Å². The van der Waals surface area contributed by atoms with E-state index >= 15 is 0 Å². The van der Waals surface area contributed by atoms with Crippen LogP contribution in [0.25, 0.3) is 0 Å². The number of methoxy groups -OCH3 is 3. The molecule has 0 saturated carbocycles. The summed E-state index contributed by atoms with van der Waals surface area (Å²) in [6.07, 6.45) is -0.135. The van der Waals surface area contributed by atoms with Gasteiger partial charge in [-0.2, -0.15) is 0 Å². The van der Waals surface area contributed by atoms with E-state index in [0.717, 1.165) is 0 Å². The van der Waals surface area contributed by atoms with Crippen LogP contribution < -0.4 is 19.9 Å². The fourth-order valence-corrected chi connectivity index (χ4v) is 2.49. The highest BCUT2D eigenvalue weighted by Gasteiger charge is 2.28. The predicted molar refractivity (Wildman–Crippen MR) is 88.0 cm³/mol. The number of morpholine rings is 1. The molecular weight excluding hydrogens is 324 g/mol. The van der Waals surface area contributed by atoms with Crippen molar-refractivity contribution in [3.8, 4) is 17.2 Å². The Morgan fingerprint density at radius 3 is 2.52 bits per heavy atom. The molecule has 1 fully saturated rings. The molecule has 0 aliphatic carbocycles. The Balaban J connectivity index is 0.00000264. The number of nitrogens with two attached hydrogens (primary N) is 1. The summed E-state index contributed by atoms with van der Waals surface area (Å²) in [6.45, 7) is 1.84. The van der Waals surface area contributed by atoms with Crippen LogP contribution in [0.1, 0.15) is 10.4 Å². The van der Waals surface area contributed by atoms with E-state index in [4.69, 9.17) is 24.7 Å². The number of hydrogen-bond donors (Lipinski definition) is 1. The molecule has 1 aliphatic heterocycles. The molecule has 0 spiro atoms. The van der Waals surface area contributed by atoms with Crippen molar-refractivity contribution in [2.45, 2.75) is 6.10 Å². The number of amides is 1. The van der Waals surface area contributed by atoms with Gasteiger partial charge in [-0.1, -0.05) is 0 Å². The van der Waals surface area contributed by atoms with Gasteiger partial charge in [-0.05, 0) is 12.1 Å². The maximum atomic E-state index is 12.8. The van der Waals surface area contributed by atoms with Crippen LogP contribution in [-0.4, -0.2) is 64.5 Å². The summed E-state index contributed by atoms with van der Waals surface area (Å²) in [5.74, 6) is 1.14. The Morgan fingerprint density at radius 2 is 1.96 bits per heavy atom. The molecule has 0 bridgehead atoms. The summed E-state index contributed by atoms with van der Waals surface area (Å²) in [4.78, 5) is 14.5. The summed E-state index contributed by atoms with van der Waals surface area (Å²) < 4.78 is 21.4. The molecule has 7 nitrogen and oxygen atoms in total. The lowest BCUT2D eigenvalue weighted by Gasteiger charge is -2.32. The third-order valence-corrected chi connectivity index (χ3v) is 3.62. The van der Waals surface area contributed by atoms with Crippen molar-refractivity contribution in [1.82, 2.24) is 4.90 Å². The molecule has 130 valence electrons. The molecule has 1 unspecified atom stereocenters. The number of benzene rings is 1. The lowest BCUT2D eigenvalue weighted by Crippen LogP contribution is -2.48. The van der Waals surface area contributed by atoms with Crippen LogP contribution in [-0.2, 0) is 4.74 Å². The van der Waals surface area contributed by atoms with Crippen LogP contribution in [0.4, 0.5) is 0 Å². The van der Waals surface area contributed by atoms with Gasteiger partial charge in [0.2, 0.25) is 5.75 Å². The normalized spacial score (nSPS) is 17.2. The first-order valence-corrected chi connectivity index (χ1v) is 7.06. The molecule has 1 aromatic rings. The summed E-state index contributed by atoms with van der Waals surface area (Å²) in [5, 5.41) is 0. The fourth-order valence-electron chi connectivity index (χ4n) is 2.49. The Bertz CT molecular complexity index is 541. The van der Waals surface area contributed by atoms with Gasteiger partial charge in [-0.3, -0.25) is 4.79 Å². The van der Waals surface area contributed by atoms with Gasteiger partial charge in [0, 0.05) is 19.6 Å². The highest BCUT2D eigenvalue weighted by molar-refractivity contribution is 5.98. The molecule has 0 radical (unpaired) electrons. The van der Waals surface area contributed by atoms with E-state index in [-0.39, 0.29) is 24.4 Å². The minimum Gasteiger partial charge on any atom is -0.493 e. The smallest absolute Gasteiger partial charge is 0.257 e. The molecule has 1 atom stereocenters. The van der Waals surface area contributed by atoms with E-state index in [0.29, 0.717) is 49.1 Å². The molecule has 1 amide bonds. The number of nitrogens with zero attached hydrogens (tertiary/aromatic N) is 1. The third-order valence-electron chi connectivity index (χ3n) is 3.62. The van der Waals surface area contributed by atoms with E-state index < -0.39 is 0 Å². The van der Waals surface area contributed by atoms with Gasteiger partial charge in [0.15, 0.2) is 11.5 Å². The Morgan fingerprint density at radius 1 is 1.26 bits per heavy atom. The van der Waals surface area contributed by atoms with Crippen LogP contribution in [0, 0.1) is 0 Å². The average molecular weight is 347 g/mol. The van der Waals surface area contributed by atoms with Gasteiger partial charge in [0.1, 0.15) is 0 Å². The number of rotatable bonds is 5. The Labute approximate surface area is 142 Å². The highest BCUT2D eigenvalue weighted by atomic mass is 35.5. The molecule has 8 heteroatoms. The van der Waals surface area contributed by atoms with Gasteiger partial charge in [-0.15, -0.1) is 12.4 Å². The van der Waals surface area contributed by atoms with Gasteiger partial charge < -0.3 is 29.6 Å². The summed E-state index contributed by atoms with van der Waals surface area (Å²) in [5.41, 5.74) is 6.05. The van der Waals surface area contributed by atoms with Crippen molar-refractivity contribution < 1.29 is 23.7 Å². The van der Waals surface area contributed by atoms with Crippen LogP contribution in [0.15, 0.2) is 12.1 Å². The Hall–Kier alpha value is -1.70. The second kappa shape index (κ2) is 8.81. The fraction of sp³-hybridized carbons (Fsp3) is 0.533. The number of hydrogen-bond acceptors (Lipinski definition) is 6. The summed E-state index contributed by atoms with van der Waals surface area (Å²) >= 11 is 0. The highest BCUT2D eigenvalue weighted by Crippen LogP contribution is 2.40. The average Bonchev–Trinajstić information content (AvgIpc) is 2.59. The molecule has 1 heterocycles. The maximum absolute atomic E-state index is 12.8. The van der Waals surface area contributed by atoms with Crippen LogP contribution >= 0.6 is 12.4 Å². The van der Waals surface area contributed by atoms with Crippen LogP contribution in [0.3, 0.4) is 0 Å². The van der Waals surface area contributed by atoms with Crippen molar-refractivity contribution in [3.63, 3.8) is 0 Å². The summed E-state index contributed by atoms with van der Waals surface area (Å²) in [7, 11) is 4.54. The molecule has 1 aromatic carbocycles. The third kappa shape index (κ3) is 3.99. The lowest BCUT2D eigenvalue weighted by molar-refractivity contribution is -0.0168. The lowest BCUT2D eigenvalue weighted by atomic mass is 10.1. The van der Waals surface area contributed by atoms with E-state index in [1.807, 2.05) is 0 Å². The molecule has 23 heavy (non-hydrogen) atoms. The minimum atomic E-state index is -0.139. The second-order valence-corrected chi connectivity index (χ2v) is 4.86. The van der Waals surface area contributed by atoms with Gasteiger partial charge in [-0.25, -0.2) is 0 Å². The zero-order valence-electron chi connectivity index (χ0n) is 13.5. The SMILES string of the molecule is COc1ccc(C(=O)N2CCOC(CN)C2)c(OC)c1OC.Cl. The van der Waals surface area contributed by atoms with Crippen molar-refractivity contribution >= 4 is 18.3 Å². The van der Waals surface area contributed by atoms with Gasteiger partial charge in [0.05, 0.1) is 39.6 Å². The number of carbonyl (C=O) groups is 1. The van der Waals surface area contributed by atoms with Crippen molar-refractivity contribution in [2.75, 3.05) is 47.6 Å². The molecule has 2 N–H and O–H groups in total. The van der Waals surface area contributed by atoms with Crippen molar-refractivity contribution in [1.29, 1.82) is 0 Å². The van der Waals surface area contributed by atoms with Gasteiger partial charge >= 0.3 is 0 Å². The number of carbonyl (C=O) groups excluding carboxylic acids is 1. The van der Waals surface area contributed by atoms with E-state index in [9.17, 15) is 4.79 Å². The Kier molecular flexibility index (Phi) is 7.41. The summed E-state index contributed by atoms with van der Waals surface area (Å²) in [6, 6.07) is 3.37.